The Morgan fingerprint density at radius 1 is 1.09 bits per heavy atom. The van der Waals surface area contributed by atoms with Crippen molar-refractivity contribution in [1.29, 1.82) is 0 Å². The second-order valence-corrected chi connectivity index (χ2v) is 9.96. The van der Waals surface area contributed by atoms with E-state index < -0.39 is 59.8 Å². The molecule has 5 atom stereocenters. The van der Waals surface area contributed by atoms with Crippen LogP contribution >= 0.6 is 23.5 Å². The Morgan fingerprint density at radius 2 is 1.64 bits per heavy atom. The lowest BCUT2D eigenvalue weighted by atomic mass is 10.2. The quantitative estimate of drug-likeness (QED) is 0.187. The van der Waals surface area contributed by atoms with Crippen molar-refractivity contribution in [3.05, 3.63) is 32.6 Å². The van der Waals surface area contributed by atoms with Crippen LogP contribution in [-0.2, 0) is 31.6 Å². The number of rotatable bonds is 8. The van der Waals surface area contributed by atoms with Crippen LogP contribution in [0.3, 0.4) is 0 Å². The van der Waals surface area contributed by atoms with Crippen molar-refractivity contribution >= 4 is 23.5 Å². The van der Waals surface area contributed by atoms with E-state index in [9.17, 15) is 48.0 Å². The number of phosphoric ester groups is 1. The van der Waals surface area contributed by atoms with Gasteiger partial charge in [0, 0.05) is 18.2 Å². The molecule has 0 bridgehead atoms. The first-order chi connectivity index (χ1) is 13.1. The van der Waals surface area contributed by atoms with Crippen LogP contribution < -0.4 is 55.4 Å². The number of quaternary nitrogens is 4. The molecule has 2 unspecified atom stereocenters. The zero-order chi connectivity index (χ0) is 22.2. The molecule has 20 nitrogen and oxygen atoms in total. The van der Waals surface area contributed by atoms with Crippen LogP contribution in [0.15, 0.2) is 15.8 Å². The van der Waals surface area contributed by atoms with Crippen LogP contribution in [0.25, 0.3) is 0 Å². The van der Waals surface area contributed by atoms with Crippen LogP contribution in [0.4, 0.5) is 0 Å². The van der Waals surface area contributed by atoms with Gasteiger partial charge in [0.15, 0.2) is 0 Å². The number of hydrogen-bond acceptors (Lipinski definition) is 14. The van der Waals surface area contributed by atoms with Crippen LogP contribution in [-0.4, -0.2) is 33.5 Å². The number of nitrogens with zero attached hydrogens (tertiary/aromatic N) is 1. The molecule has 198 valence electrons. The zero-order valence-electron chi connectivity index (χ0n) is 18.3. The molecule has 1 aromatic heterocycles. The Bertz CT molecular complexity index is 1020. The molecule has 0 amide bonds. The van der Waals surface area contributed by atoms with E-state index in [4.69, 9.17) is 4.74 Å². The van der Waals surface area contributed by atoms with Crippen LogP contribution in [0.2, 0.25) is 0 Å². The van der Waals surface area contributed by atoms with Crippen molar-refractivity contribution in [1.82, 2.24) is 34.2 Å². The minimum Gasteiger partial charge on any atom is -0.790 e. The van der Waals surface area contributed by atoms with Gasteiger partial charge >= 0.3 is 5.69 Å². The first kappa shape index (κ1) is 36.4. The van der Waals surface area contributed by atoms with Gasteiger partial charge in [-0.2, -0.15) is 0 Å². The summed E-state index contributed by atoms with van der Waals surface area (Å²) >= 11 is 0. The molecule has 1 aliphatic heterocycles. The summed E-state index contributed by atoms with van der Waals surface area (Å²) in [5.74, 6) is 0. The topological polar surface area (TPSA) is 401 Å². The predicted molar refractivity (Wildman–Crippen MR) is 105 cm³/mol. The summed E-state index contributed by atoms with van der Waals surface area (Å²) < 4.78 is 49.6. The van der Waals surface area contributed by atoms with Gasteiger partial charge < -0.3 is 63.1 Å². The van der Waals surface area contributed by atoms with Gasteiger partial charge in [0.05, 0.1) is 20.5 Å². The highest BCUT2D eigenvalue weighted by Crippen LogP contribution is 2.60. The smallest absolute Gasteiger partial charge is 0.330 e. The molecule has 2 heterocycles. The van der Waals surface area contributed by atoms with Crippen molar-refractivity contribution in [3.63, 3.8) is 0 Å². The van der Waals surface area contributed by atoms with Gasteiger partial charge in [-0.15, -0.1) is 0 Å². The Balaban J connectivity index is -0.00000225. The highest BCUT2D eigenvalue weighted by molar-refractivity contribution is 7.64. The number of aliphatic hydroxyl groups is 1. The molecule has 0 radical (unpaired) electrons. The van der Waals surface area contributed by atoms with Gasteiger partial charge in [0.1, 0.15) is 12.3 Å². The highest BCUT2D eigenvalue weighted by atomic mass is 31.3. The lowest BCUT2D eigenvalue weighted by Crippen LogP contribution is -2.33. The Labute approximate surface area is 185 Å². The molecule has 1 aliphatic rings. The first-order valence-electron chi connectivity index (χ1n) is 7.45. The highest BCUT2D eigenvalue weighted by Gasteiger charge is 2.37. The van der Waals surface area contributed by atoms with Crippen molar-refractivity contribution in [3.8, 4) is 0 Å². The summed E-state index contributed by atoms with van der Waals surface area (Å²) in [6.45, 7) is 0.402. The molecule has 18 N–H and O–H groups in total. The minimum absolute atomic E-state index is 0. The molecular formula is C10H29N6O14P3. The summed E-state index contributed by atoms with van der Waals surface area (Å²) in [6.07, 6.45) is -2.95. The van der Waals surface area contributed by atoms with Crippen LogP contribution in [0.1, 0.15) is 18.2 Å². The van der Waals surface area contributed by atoms with Gasteiger partial charge in [0.2, 0.25) is 0 Å². The molecule has 0 aromatic carbocycles. The number of aryl methyl sites for hydroxylation is 1. The number of aromatic amines is 1. The standard InChI is InChI=1S/C10H17N2O14P3.4H3N/c1-5-3-12(10(15)11-9(5)14)8-2-6(13)7(24-8)4-23-28(19,20)26-29(21,22)25-27(16,17)18;;;;/h3,6-8,13H,2,4H2,1H3,(H,19,20)(H,21,22)(H,11,14,15)(H2,16,17,18);4*1H3/t6-,7+,8+;;;;/m0..../s1. The normalized spacial score (nSPS) is 23.5. The maximum Gasteiger partial charge on any atom is 0.330 e. The van der Waals surface area contributed by atoms with Crippen molar-refractivity contribution in [2.45, 2.75) is 31.8 Å². The molecule has 1 fully saturated rings. The third kappa shape index (κ3) is 10.8. The van der Waals surface area contributed by atoms with Gasteiger partial charge in [-0.1, -0.05) is 0 Å². The molecule has 0 aliphatic carbocycles. The number of ether oxygens (including phenoxy) is 1. The fraction of sp³-hybridized carbons (Fsp3) is 0.600. The molecular weight excluding hydrogens is 521 g/mol. The molecule has 1 saturated heterocycles. The number of nitrogens with one attached hydrogen (secondary N) is 1. The van der Waals surface area contributed by atoms with Crippen molar-refractivity contribution < 1.29 is 56.3 Å². The summed E-state index contributed by atoms with van der Waals surface area (Å²) in [4.78, 5) is 68.3. The van der Waals surface area contributed by atoms with Gasteiger partial charge in [-0.05, 0) is 6.92 Å². The molecule has 33 heavy (non-hydrogen) atoms. The maximum absolute atomic E-state index is 11.8. The average molecular weight is 550 g/mol. The average Bonchev–Trinajstić information content (AvgIpc) is 2.86. The molecule has 2 rings (SSSR count). The third-order valence-electron chi connectivity index (χ3n) is 3.46. The van der Waals surface area contributed by atoms with E-state index in [1.165, 1.54) is 6.92 Å². The second kappa shape index (κ2) is 13.1. The Morgan fingerprint density at radius 3 is 2.15 bits per heavy atom. The fourth-order valence-corrected chi connectivity index (χ4v) is 5.15. The summed E-state index contributed by atoms with van der Waals surface area (Å²) in [7, 11) is -18.0. The van der Waals surface area contributed by atoms with Gasteiger partial charge in [-0.25, -0.2) is 9.11 Å². The zero-order valence-corrected chi connectivity index (χ0v) is 21.0. The maximum atomic E-state index is 11.8. The number of aliphatic hydroxyl groups excluding tert-OH is 1. The van der Waals surface area contributed by atoms with Crippen LogP contribution in [0, 0.1) is 6.92 Å². The van der Waals surface area contributed by atoms with Crippen LogP contribution in [0.5, 0.6) is 0 Å². The third-order valence-corrected chi connectivity index (χ3v) is 7.12. The van der Waals surface area contributed by atoms with E-state index in [1.807, 2.05) is 4.98 Å². The van der Waals surface area contributed by atoms with E-state index in [1.54, 1.807) is 0 Å². The lowest BCUT2D eigenvalue weighted by Gasteiger charge is -2.37. The first-order valence-corrected chi connectivity index (χ1v) is 11.8. The summed E-state index contributed by atoms with van der Waals surface area (Å²) in [5, 5.41) is 9.93. The summed E-state index contributed by atoms with van der Waals surface area (Å²) in [5.41, 5.74) is -1.35. The van der Waals surface area contributed by atoms with E-state index in [0.717, 1.165) is 10.8 Å². The second-order valence-electron chi connectivity index (χ2n) is 5.71. The Kier molecular flexibility index (Phi) is 14.4. The van der Waals surface area contributed by atoms with E-state index in [-0.39, 0.29) is 36.6 Å². The monoisotopic (exact) mass is 550 g/mol. The SMILES string of the molecule is Cc1cn([C@H]2C[C@H](O)[C@@H](COP(=O)([O-])OP(=O)([O-])OP(=O)([O-])[O-])O2)c(=O)[nH]c1=O.[NH4+].[NH4+].[NH4+].[NH4+]. The molecule has 0 spiro atoms. The number of aromatic nitrogens is 2. The minimum atomic E-state index is -6.12. The van der Waals surface area contributed by atoms with E-state index >= 15 is 0 Å². The predicted octanol–water partition coefficient (Wildman–Crippen LogP) is -2.19. The molecule has 1 aromatic rings. The van der Waals surface area contributed by atoms with Gasteiger partial charge in [0.25, 0.3) is 21.2 Å². The number of hydrogen-bond donors (Lipinski definition) is 6. The Hall–Kier alpha value is -1.15. The summed E-state index contributed by atoms with van der Waals surface area (Å²) in [6, 6.07) is 0. The lowest BCUT2D eigenvalue weighted by molar-refractivity contribution is -0.339. The number of phosphoric acid groups is 3. The molecule has 0 saturated carbocycles. The van der Waals surface area contributed by atoms with E-state index in [2.05, 4.69) is 13.1 Å². The van der Waals surface area contributed by atoms with E-state index in [0.29, 0.717) is 0 Å². The number of H-pyrrole nitrogens is 1. The largest absolute Gasteiger partial charge is 0.790 e. The fourth-order valence-electron chi connectivity index (χ4n) is 2.28. The van der Waals surface area contributed by atoms with Crippen molar-refractivity contribution in [2.24, 2.45) is 0 Å². The molecule has 23 heteroatoms. The van der Waals surface area contributed by atoms with Gasteiger partial charge in [-0.3, -0.25) is 27.8 Å². The van der Waals surface area contributed by atoms with Crippen molar-refractivity contribution in [2.75, 3.05) is 6.61 Å².